The summed E-state index contributed by atoms with van der Waals surface area (Å²) in [6, 6.07) is 7.64. The number of unbranched alkanes of at least 4 members (excludes halogenated alkanes) is 1. The number of likely N-dealkylation sites (N-methyl/N-ethyl adjacent to an activating group) is 1. The van der Waals surface area contributed by atoms with Gasteiger partial charge in [-0.25, -0.2) is 4.79 Å². The van der Waals surface area contributed by atoms with Crippen LogP contribution in [0, 0.1) is 0 Å². The molecule has 1 aromatic heterocycles. The number of aromatic nitrogens is 2. The highest BCUT2D eigenvalue weighted by Gasteiger charge is 2.17. The van der Waals surface area contributed by atoms with Gasteiger partial charge < -0.3 is 4.90 Å². The molecule has 0 radical (unpaired) electrons. The summed E-state index contributed by atoms with van der Waals surface area (Å²) in [5.41, 5.74) is 1.61. The van der Waals surface area contributed by atoms with Crippen LogP contribution in [0.2, 0.25) is 0 Å². The van der Waals surface area contributed by atoms with Crippen LogP contribution in [-0.2, 0) is 17.9 Å². The van der Waals surface area contributed by atoms with Crippen LogP contribution in [0.3, 0.4) is 0 Å². The van der Waals surface area contributed by atoms with Crippen LogP contribution in [-0.4, -0.2) is 33.0 Å². The first kappa shape index (κ1) is 16.3. The lowest BCUT2D eigenvalue weighted by Gasteiger charge is -2.20. The average Bonchev–Trinajstić information content (AvgIpc) is 2.80. The van der Waals surface area contributed by atoms with Crippen LogP contribution in [0.5, 0.6) is 0 Å². The molecule has 0 unspecified atom stereocenters. The van der Waals surface area contributed by atoms with Gasteiger partial charge in [0, 0.05) is 19.6 Å². The Kier molecular flexibility index (Phi) is 5.41. The minimum atomic E-state index is -0.108. The Morgan fingerprint density at radius 1 is 1.09 bits per heavy atom. The van der Waals surface area contributed by atoms with Crippen molar-refractivity contribution in [1.82, 2.24) is 14.0 Å². The number of benzene rings is 1. The van der Waals surface area contributed by atoms with E-state index in [1.54, 1.807) is 9.13 Å². The Balaban J connectivity index is 2.33. The van der Waals surface area contributed by atoms with Crippen molar-refractivity contribution in [3.8, 4) is 0 Å². The van der Waals surface area contributed by atoms with Gasteiger partial charge in [0.1, 0.15) is 6.54 Å². The largest absolute Gasteiger partial charge is 0.341 e. The fraction of sp³-hybridized carbons (Fsp3) is 0.529. The molecule has 2 aromatic rings. The van der Waals surface area contributed by atoms with Gasteiger partial charge in [0.25, 0.3) is 0 Å². The molecule has 2 rings (SSSR count). The highest BCUT2D eigenvalue weighted by Crippen LogP contribution is 2.13. The van der Waals surface area contributed by atoms with Crippen LogP contribution in [0.4, 0.5) is 0 Å². The standard InChI is InChI=1S/C17H25N3O2/c1-4-7-12-18(5-2)16(21)13-20-15-11-9-8-10-14(15)19(6-3)17(20)22/h8-11H,4-7,12-13H2,1-3H3. The van der Waals surface area contributed by atoms with E-state index < -0.39 is 0 Å². The molecule has 1 heterocycles. The molecule has 0 aliphatic carbocycles. The molecular weight excluding hydrogens is 278 g/mol. The number of aryl methyl sites for hydroxylation is 1. The third-order valence-electron chi connectivity index (χ3n) is 4.05. The maximum absolute atomic E-state index is 12.5. The van der Waals surface area contributed by atoms with Gasteiger partial charge >= 0.3 is 5.69 Å². The zero-order chi connectivity index (χ0) is 16.1. The first-order valence-electron chi connectivity index (χ1n) is 8.09. The second-order valence-corrected chi connectivity index (χ2v) is 5.43. The number of hydrogen-bond donors (Lipinski definition) is 0. The van der Waals surface area contributed by atoms with E-state index in [0.717, 1.165) is 30.4 Å². The third kappa shape index (κ3) is 3.08. The van der Waals surface area contributed by atoms with Crippen molar-refractivity contribution in [1.29, 1.82) is 0 Å². The van der Waals surface area contributed by atoms with E-state index in [0.29, 0.717) is 13.1 Å². The van der Waals surface area contributed by atoms with Gasteiger partial charge in [0.15, 0.2) is 0 Å². The van der Waals surface area contributed by atoms with E-state index in [1.807, 2.05) is 43.0 Å². The molecule has 0 saturated heterocycles. The second kappa shape index (κ2) is 7.29. The highest BCUT2D eigenvalue weighted by molar-refractivity contribution is 5.81. The van der Waals surface area contributed by atoms with Crippen LogP contribution in [0.25, 0.3) is 11.0 Å². The van der Waals surface area contributed by atoms with Crippen molar-refractivity contribution < 1.29 is 4.79 Å². The van der Waals surface area contributed by atoms with Crippen LogP contribution in [0.1, 0.15) is 33.6 Å². The average molecular weight is 303 g/mol. The molecule has 1 aromatic carbocycles. The van der Waals surface area contributed by atoms with Crippen LogP contribution >= 0.6 is 0 Å². The number of nitrogens with zero attached hydrogens (tertiary/aromatic N) is 3. The smallest absolute Gasteiger partial charge is 0.329 e. The van der Waals surface area contributed by atoms with E-state index in [1.165, 1.54) is 0 Å². The molecule has 5 nitrogen and oxygen atoms in total. The van der Waals surface area contributed by atoms with Crippen molar-refractivity contribution in [3.05, 3.63) is 34.7 Å². The van der Waals surface area contributed by atoms with Gasteiger partial charge in [-0.15, -0.1) is 0 Å². The van der Waals surface area contributed by atoms with E-state index in [4.69, 9.17) is 0 Å². The number of hydrogen-bond acceptors (Lipinski definition) is 2. The molecule has 5 heteroatoms. The van der Waals surface area contributed by atoms with Crippen molar-refractivity contribution >= 4 is 16.9 Å². The summed E-state index contributed by atoms with van der Waals surface area (Å²) >= 11 is 0. The SMILES string of the molecule is CCCCN(CC)C(=O)Cn1c(=O)n(CC)c2ccccc21. The molecule has 0 aliphatic heterocycles. The molecule has 0 fully saturated rings. The van der Waals surface area contributed by atoms with Gasteiger partial charge in [-0.05, 0) is 32.4 Å². The zero-order valence-electron chi connectivity index (χ0n) is 13.7. The molecule has 0 N–H and O–H groups in total. The highest BCUT2D eigenvalue weighted by atomic mass is 16.2. The lowest BCUT2D eigenvalue weighted by Crippen LogP contribution is -2.37. The summed E-state index contributed by atoms with van der Waals surface area (Å²) in [6.45, 7) is 8.19. The minimum absolute atomic E-state index is 0.0112. The summed E-state index contributed by atoms with van der Waals surface area (Å²) in [7, 11) is 0. The fourth-order valence-corrected chi connectivity index (χ4v) is 2.77. The predicted octanol–water partition coefficient (Wildman–Crippen LogP) is 2.47. The number of fused-ring (bicyclic) bond motifs is 1. The van der Waals surface area contributed by atoms with E-state index >= 15 is 0 Å². The van der Waals surface area contributed by atoms with Gasteiger partial charge in [-0.2, -0.15) is 0 Å². The second-order valence-electron chi connectivity index (χ2n) is 5.43. The molecule has 0 atom stereocenters. The van der Waals surface area contributed by atoms with Gasteiger partial charge in [0.2, 0.25) is 5.91 Å². The normalized spacial score (nSPS) is 11.0. The Hall–Kier alpha value is -2.04. The van der Waals surface area contributed by atoms with E-state index in [9.17, 15) is 9.59 Å². The molecule has 0 aliphatic rings. The first-order valence-corrected chi connectivity index (χ1v) is 8.09. The number of carbonyl (C=O) groups excluding carboxylic acids is 1. The number of rotatable bonds is 7. The Morgan fingerprint density at radius 3 is 2.27 bits per heavy atom. The summed E-state index contributed by atoms with van der Waals surface area (Å²) in [4.78, 5) is 26.9. The molecule has 1 amide bonds. The summed E-state index contributed by atoms with van der Waals surface area (Å²) in [5.74, 6) is 0.0112. The lowest BCUT2D eigenvalue weighted by atomic mass is 10.3. The number of carbonyl (C=O) groups is 1. The molecule has 0 spiro atoms. The van der Waals surface area contributed by atoms with Crippen molar-refractivity contribution in [2.24, 2.45) is 0 Å². The van der Waals surface area contributed by atoms with Gasteiger partial charge in [-0.1, -0.05) is 25.5 Å². The molecule has 120 valence electrons. The quantitative estimate of drug-likeness (QED) is 0.789. The maximum Gasteiger partial charge on any atom is 0.329 e. The van der Waals surface area contributed by atoms with Crippen LogP contribution < -0.4 is 5.69 Å². The first-order chi connectivity index (χ1) is 10.6. The summed E-state index contributed by atoms with van der Waals surface area (Å²) in [6.07, 6.45) is 2.05. The molecule has 0 saturated carbocycles. The topological polar surface area (TPSA) is 47.2 Å². The van der Waals surface area contributed by atoms with Crippen molar-refractivity contribution in [2.45, 2.75) is 46.7 Å². The van der Waals surface area contributed by atoms with Crippen molar-refractivity contribution in [3.63, 3.8) is 0 Å². The fourth-order valence-electron chi connectivity index (χ4n) is 2.77. The Labute approximate surface area is 131 Å². The van der Waals surface area contributed by atoms with Gasteiger partial charge in [0.05, 0.1) is 11.0 Å². The lowest BCUT2D eigenvalue weighted by molar-refractivity contribution is -0.131. The summed E-state index contributed by atoms with van der Waals surface area (Å²) < 4.78 is 3.31. The number of para-hydroxylation sites is 2. The van der Waals surface area contributed by atoms with Gasteiger partial charge in [-0.3, -0.25) is 13.9 Å². The van der Waals surface area contributed by atoms with Crippen LogP contribution in [0.15, 0.2) is 29.1 Å². The minimum Gasteiger partial charge on any atom is -0.341 e. The third-order valence-corrected chi connectivity index (χ3v) is 4.05. The molecule has 0 bridgehead atoms. The monoisotopic (exact) mass is 303 g/mol. The Morgan fingerprint density at radius 2 is 1.73 bits per heavy atom. The maximum atomic E-state index is 12.5. The number of imidazole rings is 1. The van der Waals surface area contributed by atoms with Crippen molar-refractivity contribution in [2.75, 3.05) is 13.1 Å². The van der Waals surface area contributed by atoms with E-state index in [2.05, 4.69) is 6.92 Å². The number of amides is 1. The zero-order valence-corrected chi connectivity index (χ0v) is 13.7. The predicted molar refractivity (Wildman–Crippen MR) is 89.0 cm³/mol. The molecule has 22 heavy (non-hydrogen) atoms. The Bertz CT molecular complexity index is 699. The molecular formula is C17H25N3O2. The summed E-state index contributed by atoms with van der Waals surface area (Å²) in [5, 5.41) is 0. The van der Waals surface area contributed by atoms with E-state index in [-0.39, 0.29) is 18.1 Å².